The van der Waals surface area contributed by atoms with Crippen LogP contribution in [0.4, 0.5) is 0 Å². The molecule has 3 aromatic rings. The molecule has 1 aliphatic rings. The standard InChI is InChI=1S/C29H32N2O5/c1-35-22-10-11-26-24(18-22)23(13-15-30-26)27(32)12-9-20-14-17-31(19-25(20)29(33)34)16-5-7-21-6-3-4-8-28(21)36-2/h3-4,6,8,10-11,13,15,18,20,25,27,32H,9,12,14,16-17,19H2,1-2H3,(H,33,34)/t20-,25+,27?/m1/s1. The minimum Gasteiger partial charge on any atom is -0.497 e. The number of likely N-dealkylation sites (tertiary alicyclic amines) is 1. The number of carboxylic acid groups (broad SMARTS) is 1. The average Bonchev–Trinajstić information content (AvgIpc) is 2.91. The second kappa shape index (κ2) is 11.9. The Hall–Kier alpha value is -3.60. The van der Waals surface area contributed by atoms with E-state index in [0.717, 1.165) is 40.7 Å². The summed E-state index contributed by atoms with van der Waals surface area (Å²) in [7, 11) is 3.23. The van der Waals surface area contributed by atoms with Crippen molar-refractivity contribution in [3.8, 4) is 23.3 Å². The zero-order valence-corrected chi connectivity index (χ0v) is 20.7. The van der Waals surface area contributed by atoms with Gasteiger partial charge in [0.1, 0.15) is 11.5 Å². The first-order valence-corrected chi connectivity index (χ1v) is 12.2. The Morgan fingerprint density at radius 3 is 2.81 bits per heavy atom. The third kappa shape index (κ3) is 5.96. The van der Waals surface area contributed by atoms with Crippen LogP contribution in [-0.4, -0.2) is 59.9 Å². The fourth-order valence-corrected chi connectivity index (χ4v) is 4.92. The van der Waals surface area contributed by atoms with Gasteiger partial charge in [-0.2, -0.15) is 0 Å². The van der Waals surface area contributed by atoms with Crippen LogP contribution in [0, 0.1) is 23.7 Å². The molecule has 188 valence electrons. The molecular weight excluding hydrogens is 456 g/mol. The lowest BCUT2D eigenvalue weighted by atomic mass is 9.81. The number of aliphatic hydroxyl groups is 1. The maximum absolute atomic E-state index is 12.1. The summed E-state index contributed by atoms with van der Waals surface area (Å²) >= 11 is 0. The SMILES string of the molecule is COc1ccc2nccc(C(O)CC[C@@H]3CCN(CC#Cc4ccccc4OC)C[C@@H]3C(=O)O)c2c1. The van der Waals surface area contributed by atoms with Gasteiger partial charge < -0.3 is 19.7 Å². The molecule has 0 aliphatic carbocycles. The Labute approximate surface area is 211 Å². The van der Waals surface area contributed by atoms with Crippen molar-refractivity contribution in [3.05, 3.63) is 65.9 Å². The largest absolute Gasteiger partial charge is 0.497 e. The van der Waals surface area contributed by atoms with Gasteiger partial charge in [0, 0.05) is 18.1 Å². The number of rotatable bonds is 8. The van der Waals surface area contributed by atoms with Crippen molar-refractivity contribution in [1.29, 1.82) is 0 Å². The van der Waals surface area contributed by atoms with E-state index < -0.39 is 18.0 Å². The molecular formula is C29H32N2O5. The van der Waals surface area contributed by atoms with Crippen LogP contribution < -0.4 is 9.47 Å². The smallest absolute Gasteiger partial charge is 0.308 e. The first-order chi connectivity index (χ1) is 17.5. The van der Waals surface area contributed by atoms with Crippen LogP contribution >= 0.6 is 0 Å². The maximum Gasteiger partial charge on any atom is 0.308 e. The Morgan fingerprint density at radius 1 is 1.19 bits per heavy atom. The highest BCUT2D eigenvalue weighted by Crippen LogP contribution is 2.33. The third-order valence-corrected chi connectivity index (χ3v) is 6.94. The van der Waals surface area contributed by atoms with Gasteiger partial charge in [-0.05, 0) is 73.7 Å². The summed E-state index contributed by atoms with van der Waals surface area (Å²) in [5.74, 6) is 6.45. The first-order valence-electron chi connectivity index (χ1n) is 12.2. The Morgan fingerprint density at radius 2 is 2.03 bits per heavy atom. The van der Waals surface area contributed by atoms with E-state index in [0.29, 0.717) is 31.7 Å². The molecule has 0 radical (unpaired) electrons. The molecule has 2 heterocycles. The molecule has 0 spiro atoms. The fraction of sp³-hybridized carbons (Fsp3) is 0.379. The topological polar surface area (TPSA) is 92.1 Å². The molecule has 3 atom stereocenters. The average molecular weight is 489 g/mol. The monoisotopic (exact) mass is 488 g/mol. The molecule has 1 aromatic heterocycles. The number of carboxylic acids is 1. The van der Waals surface area contributed by atoms with E-state index in [9.17, 15) is 15.0 Å². The van der Waals surface area contributed by atoms with Gasteiger partial charge >= 0.3 is 5.97 Å². The second-order valence-corrected chi connectivity index (χ2v) is 9.11. The number of ether oxygens (including phenoxy) is 2. The van der Waals surface area contributed by atoms with Crippen molar-refractivity contribution in [3.63, 3.8) is 0 Å². The van der Waals surface area contributed by atoms with E-state index in [1.54, 1.807) is 20.4 Å². The minimum absolute atomic E-state index is 0.00165. The number of aliphatic carboxylic acids is 1. The number of aliphatic hydroxyl groups excluding tert-OH is 1. The number of para-hydroxylation sites is 1. The van der Waals surface area contributed by atoms with Crippen molar-refractivity contribution < 1.29 is 24.5 Å². The molecule has 36 heavy (non-hydrogen) atoms. The highest BCUT2D eigenvalue weighted by molar-refractivity contribution is 5.83. The Balaban J connectivity index is 1.38. The van der Waals surface area contributed by atoms with Crippen molar-refractivity contribution in [2.45, 2.75) is 25.4 Å². The molecule has 7 heteroatoms. The van der Waals surface area contributed by atoms with E-state index in [1.165, 1.54) is 0 Å². The Bertz CT molecular complexity index is 1270. The highest BCUT2D eigenvalue weighted by atomic mass is 16.5. The number of nitrogens with zero attached hydrogens (tertiary/aromatic N) is 2. The van der Waals surface area contributed by atoms with Gasteiger partial charge in [0.2, 0.25) is 0 Å². The van der Waals surface area contributed by atoms with Gasteiger partial charge in [0.15, 0.2) is 0 Å². The second-order valence-electron chi connectivity index (χ2n) is 9.11. The zero-order chi connectivity index (χ0) is 25.5. The number of carbonyl (C=O) groups is 1. The van der Waals surface area contributed by atoms with Gasteiger partial charge in [0.25, 0.3) is 0 Å². The number of methoxy groups -OCH3 is 2. The van der Waals surface area contributed by atoms with Crippen LogP contribution in [-0.2, 0) is 4.79 Å². The van der Waals surface area contributed by atoms with Crippen LogP contribution in [0.1, 0.15) is 36.5 Å². The minimum atomic E-state index is -0.795. The van der Waals surface area contributed by atoms with Crippen LogP contribution in [0.25, 0.3) is 10.9 Å². The van der Waals surface area contributed by atoms with Crippen LogP contribution in [0.5, 0.6) is 11.5 Å². The maximum atomic E-state index is 12.1. The van der Waals surface area contributed by atoms with E-state index in [4.69, 9.17) is 9.47 Å². The molecule has 7 nitrogen and oxygen atoms in total. The summed E-state index contributed by atoms with van der Waals surface area (Å²) in [6.07, 6.45) is 2.86. The molecule has 1 unspecified atom stereocenters. The number of hydrogen-bond donors (Lipinski definition) is 2. The molecule has 0 amide bonds. The predicted molar refractivity (Wildman–Crippen MR) is 138 cm³/mol. The van der Waals surface area contributed by atoms with Crippen molar-refractivity contribution >= 4 is 16.9 Å². The summed E-state index contributed by atoms with van der Waals surface area (Å²) in [6, 6.07) is 15.0. The molecule has 4 rings (SSSR count). The first kappa shape index (κ1) is 25.5. The van der Waals surface area contributed by atoms with Gasteiger partial charge in [-0.25, -0.2) is 0 Å². The van der Waals surface area contributed by atoms with Crippen molar-refractivity contribution in [1.82, 2.24) is 9.88 Å². The molecule has 2 N–H and O–H groups in total. The summed E-state index contributed by atoms with van der Waals surface area (Å²) < 4.78 is 10.7. The highest BCUT2D eigenvalue weighted by Gasteiger charge is 2.34. The quantitative estimate of drug-likeness (QED) is 0.461. The summed E-state index contributed by atoms with van der Waals surface area (Å²) in [6.45, 7) is 1.73. The van der Waals surface area contributed by atoms with E-state index >= 15 is 0 Å². The van der Waals surface area contributed by atoms with Crippen LogP contribution in [0.15, 0.2) is 54.7 Å². The van der Waals surface area contributed by atoms with E-state index in [1.807, 2.05) is 48.5 Å². The van der Waals surface area contributed by atoms with Crippen LogP contribution in [0.3, 0.4) is 0 Å². The predicted octanol–water partition coefficient (Wildman–Crippen LogP) is 4.14. The molecule has 1 fully saturated rings. The van der Waals surface area contributed by atoms with Gasteiger partial charge in [-0.3, -0.25) is 14.7 Å². The lowest BCUT2D eigenvalue weighted by Crippen LogP contribution is -2.44. The number of benzene rings is 2. The number of fused-ring (bicyclic) bond motifs is 1. The van der Waals surface area contributed by atoms with E-state index in [2.05, 4.69) is 21.7 Å². The van der Waals surface area contributed by atoms with Crippen molar-refractivity contribution in [2.75, 3.05) is 33.9 Å². The fourth-order valence-electron chi connectivity index (χ4n) is 4.92. The number of pyridine rings is 1. The molecule has 1 aliphatic heterocycles. The molecule has 1 saturated heterocycles. The number of piperidine rings is 1. The summed E-state index contributed by atoms with van der Waals surface area (Å²) in [5, 5.41) is 21.8. The summed E-state index contributed by atoms with van der Waals surface area (Å²) in [5.41, 5.74) is 2.40. The molecule has 0 saturated carbocycles. The normalized spacial score (nSPS) is 18.8. The van der Waals surface area contributed by atoms with Gasteiger partial charge in [0.05, 0.1) is 43.9 Å². The number of aromatic nitrogens is 1. The van der Waals surface area contributed by atoms with Gasteiger partial charge in [-0.15, -0.1) is 0 Å². The lowest BCUT2D eigenvalue weighted by Gasteiger charge is -2.36. The lowest BCUT2D eigenvalue weighted by molar-refractivity contribution is -0.146. The third-order valence-electron chi connectivity index (χ3n) is 6.94. The van der Waals surface area contributed by atoms with Crippen molar-refractivity contribution in [2.24, 2.45) is 11.8 Å². The summed E-state index contributed by atoms with van der Waals surface area (Å²) in [4.78, 5) is 18.6. The molecule has 2 aromatic carbocycles. The number of hydrogen-bond acceptors (Lipinski definition) is 6. The van der Waals surface area contributed by atoms with Gasteiger partial charge in [-0.1, -0.05) is 24.0 Å². The Kier molecular flexibility index (Phi) is 8.42. The molecule has 0 bridgehead atoms. The van der Waals surface area contributed by atoms with Crippen LogP contribution in [0.2, 0.25) is 0 Å². The van der Waals surface area contributed by atoms with E-state index in [-0.39, 0.29) is 5.92 Å². The zero-order valence-electron chi connectivity index (χ0n) is 20.7.